The molecule has 0 aliphatic rings. The fraction of sp³-hybridized carbons (Fsp3) is 0.200. The highest BCUT2D eigenvalue weighted by Crippen LogP contribution is 2.12. The van der Waals surface area contributed by atoms with Gasteiger partial charge in [-0.3, -0.25) is 4.79 Å². The summed E-state index contributed by atoms with van der Waals surface area (Å²) in [4.78, 5) is 10.3. The molecule has 0 aliphatic heterocycles. The Balaban J connectivity index is 2.70. The molecule has 1 aromatic rings. The van der Waals surface area contributed by atoms with Crippen LogP contribution in [0.4, 0.5) is 0 Å². The number of nitrogens with zero attached hydrogens (tertiary/aromatic N) is 1. The van der Waals surface area contributed by atoms with Crippen LogP contribution in [-0.4, -0.2) is 12.4 Å². The molecule has 1 aromatic carbocycles. The highest BCUT2D eigenvalue weighted by atomic mass is 16.5. The normalized spacial score (nSPS) is 11.4. The van der Waals surface area contributed by atoms with Gasteiger partial charge in [-0.05, 0) is 31.2 Å². The van der Waals surface area contributed by atoms with Gasteiger partial charge in [0, 0.05) is 5.56 Å². The van der Waals surface area contributed by atoms with E-state index in [9.17, 15) is 4.79 Å². The fourth-order valence-electron chi connectivity index (χ4n) is 0.855. The van der Waals surface area contributed by atoms with E-state index in [1.807, 2.05) is 6.07 Å². The molecule has 0 unspecified atom stereocenters. The molecule has 0 fully saturated rings. The molecular weight excluding hydrogens is 166 g/mol. The second-order valence-electron chi connectivity index (χ2n) is 2.58. The number of carbonyl (C=O) groups is 1. The third-order valence-corrected chi connectivity index (χ3v) is 1.51. The molecule has 66 valence electrons. The minimum Gasteiger partial charge on any atom is -0.476 e. The van der Waals surface area contributed by atoms with Crippen molar-refractivity contribution in [1.29, 1.82) is 5.26 Å². The second kappa shape index (κ2) is 4.27. The van der Waals surface area contributed by atoms with Crippen LogP contribution in [0.25, 0.3) is 0 Å². The Morgan fingerprint density at radius 3 is 2.54 bits per heavy atom. The van der Waals surface area contributed by atoms with Crippen LogP contribution in [0.1, 0.15) is 17.3 Å². The predicted octanol–water partition coefficient (Wildman–Crippen LogP) is 1.79. The Labute approximate surface area is 76.6 Å². The van der Waals surface area contributed by atoms with E-state index in [0.717, 1.165) is 6.29 Å². The first-order valence-electron chi connectivity index (χ1n) is 3.88. The summed E-state index contributed by atoms with van der Waals surface area (Å²) in [6.07, 6.45) is 0.291. The summed E-state index contributed by atoms with van der Waals surface area (Å²) < 4.78 is 5.19. The van der Waals surface area contributed by atoms with Gasteiger partial charge in [0.15, 0.2) is 6.10 Å². The van der Waals surface area contributed by atoms with Gasteiger partial charge in [-0.15, -0.1) is 0 Å². The van der Waals surface area contributed by atoms with Crippen LogP contribution in [-0.2, 0) is 0 Å². The monoisotopic (exact) mass is 175 g/mol. The van der Waals surface area contributed by atoms with Gasteiger partial charge < -0.3 is 4.74 Å². The second-order valence-corrected chi connectivity index (χ2v) is 2.58. The van der Waals surface area contributed by atoms with Gasteiger partial charge >= 0.3 is 0 Å². The summed E-state index contributed by atoms with van der Waals surface area (Å²) in [6, 6.07) is 8.57. The maximum Gasteiger partial charge on any atom is 0.181 e. The number of hydrogen-bond acceptors (Lipinski definition) is 3. The third-order valence-electron chi connectivity index (χ3n) is 1.51. The van der Waals surface area contributed by atoms with Crippen molar-refractivity contribution in [1.82, 2.24) is 0 Å². The molecule has 0 N–H and O–H groups in total. The smallest absolute Gasteiger partial charge is 0.181 e. The quantitative estimate of drug-likeness (QED) is 0.658. The molecule has 0 bridgehead atoms. The molecule has 0 heterocycles. The molecule has 0 saturated heterocycles. The Kier molecular flexibility index (Phi) is 3.04. The van der Waals surface area contributed by atoms with Gasteiger partial charge in [0.05, 0.1) is 0 Å². The van der Waals surface area contributed by atoms with E-state index in [0.29, 0.717) is 11.3 Å². The lowest BCUT2D eigenvalue weighted by molar-refractivity contribution is 0.112. The molecule has 0 aromatic heterocycles. The van der Waals surface area contributed by atoms with Crippen LogP contribution in [0.5, 0.6) is 5.75 Å². The number of hydrogen-bond donors (Lipinski definition) is 0. The van der Waals surface area contributed by atoms with Crippen molar-refractivity contribution >= 4 is 6.29 Å². The zero-order valence-electron chi connectivity index (χ0n) is 7.23. The van der Waals surface area contributed by atoms with Crippen LogP contribution in [0.3, 0.4) is 0 Å². The molecule has 0 radical (unpaired) electrons. The molecule has 1 atom stereocenters. The van der Waals surface area contributed by atoms with Gasteiger partial charge in [0.25, 0.3) is 0 Å². The number of nitriles is 1. The number of rotatable bonds is 3. The van der Waals surface area contributed by atoms with Gasteiger partial charge in [0.2, 0.25) is 0 Å². The van der Waals surface area contributed by atoms with Gasteiger partial charge in [-0.25, -0.2) is 0 Å². The molecule has 0 spiro atoms. The van der Waals surface area contributed by atoms with Gasteiger partial charge in [-0.1, -0.05) is 0 Å². The van der Waals surface area contributed by atoms with Crippen molar-refractivity contribution in [3.63, 3.8) is 0 Å². The Bertz CT molecular complexity index is 324. The Morgan fingerprint density at radius 1 is 1.46 bits per heavy atom. The summed E-state index contributed by atoms with van der Waals surface area (Å²) in [7, 11) is 0. The average molecular weight is 175 g/mol. The van der Waals surface area contributed by atoms with Crippen LogP contribution in [0.15, 0.2) is 24.3 Å². The Morgan fingerprint density at radius 2 is 2.08 bits per heavy atom. The lowest BCUT2D eigenvalue weighted by atomic mass is 10.2. The molecule has 13 heavy (non-hydrogen) atoms. The van der Waals surface area contributed by atoms with E-state index in [1.165, 1.54) is 0 Å². The predicted molar refractivity (Wildman–Crippen MR) is 47.5 cm³/mol. The van der Waals surface area contributed by atoms with E-state index in [-0.39, 0.29) is 0 Å². The first-order valence-corrected chi connectivity index (χ1v) is 3.88. The zero-order valence-corrected chi connectivity index (χ0v) is 7.23. The number of ether oxygens (including phenoxy) is 1. The number of aldehydes is 1. The third kappa shape index (κ3) is 2.60. The van der Waals surface area contributed by atoms with Crippen molar-refractivity contribution in [2.24, 2.45) is 0 Å². The molecule has 3 heteroatoms. The minimum atomic E-state index is -0.470. The summed E-state index contributed by atoms with van der Waals surface area (Å²) >= 11 is 0. The number of benzene rings is 1. The van der Waals surface area contributed by atoms with Gasteiger partial charge in [0.1, 0.15) is 18.1 Å². The lowest BCUT2D eigenvalue weighted by Gasteiger charge is -2.06. The minimum absolute atomic E-state index is 0.470. The lowest BCUT2D eigenvalue weighted by Crippen LogP contribution is -2.07. The van der Waals surface area contributed by atoms with E-state index in [1.54, 1.807) is 31.2 Å². The molecule has 0 amide bonds. The van der Waals surface area contributed by atoms with E-state index in [4.69, 9.17) is 10.00 Å². The highest BCUT2D eigenvalue weighted by molar-refractivity contribution is 5.74. The maximum absolute atomic E-state index is 10.3. The van der Waals surface area contributed by atoms with Crippen molar-refractivity contribution in [2.75, 3.05) is 0 Å². The first-order chi connectivity index (χ1) is 6.26. The number of carbonyl (C=O) groups excluding carboxylic acids is 1. The zero-order chi connectivity index (χ0) is 9.68. The molecule has 0 aliphatic carbocycles. The van der Waals surface area contributed by atoms with Crippen molar-refractivity contribution in [2.45, 2.75) is 13.0 Å². The molecule has 0 saturated carbocycles. The largest absolute Gasteiger partial charge is 0.476 e. The molecule has 3 nitrogen and oxygen atoms in total. The van der Waals surface area contributed by atoms with E-state index in [2.05, 4.69) is 0 Å². The standard InChI is InChI=1S/C10H9NO2/c1-8(6-11)13-10-4-2-9(7-12)3-5-10/h2-5,7-8H,1H3/t8-/m1/s1. The van der Waals surface area contributed by atoms with Crippen LogP contribution < -0.4 is 4.74 Å². The molecular formula is C10H9NO2. The van der Waals surface area contributed by atoms with Gasteiger partial charge in [-0.2, -0.15) is 5.26 Å². The maximum atomic E-state index is 10.3. The van der Waals surface area contributed by atoms with Crippen molar-refractivity contribution < 1.29 is 9.53 Å². The van der Waals surface area contributed by atoms with Crippen molar-refractivity contribution in [3.05, 3.63) is 29.8 Å². The average Bonchev–Trinajstić information content (AvgIpc) is 2.19. The summed E-state index contributed by atoms with van der Waals surface area (Å²) in [6.45, 7) is 1.66. The van der Waals surface area contributed by atoms with Crippen molar-refractivity contribution in [3.8, 4) is 11.8 Å². The SMILES string of the molecule is C[C@H](C#N)Oc1ccc(C=O)cc1. The fourth-order valence-corrected chi connectivity index (χ4v) is 0.855. The molecule has 1 rings (SSSR count). The Hall–Kier alpha value is -1.82. The van der Waals surface area contributed by atoms with Crippen LogP contribution >= 0.6 is 0 Å². The van der Waals surface area contributed by atoms with E-state index < -0.39 is 6.10 Å². The summed E-state index contributed by atoms with van der Waals surface area (Å²) in [5.74, 6) is 0.597. The van der Waals surface area contributed by atoms with Crippen LogP contribution in [0, 0.1) is 11.3 Å². The highest BCUT2D eigenvalue weighted by Gasteiger charge is 2.00. The van der Waals surface area contributed by atoms with Crippen LogP contribution in [0.2, 0.25) is 0 Å². The summed E-state index contributed by atoms with van der Waals surface area (Å²) in [5, 5.41) is 8.47. The first kappa shape index (κ1) is 9.27. The summed E-state index contributed by atoms with van der Waals surface area (Å²) in [5.41, 5.74) is 0.594. The topological polar surface area (TPSA) is 50.1 Å². The van der Waals surface area contributed by atoms with E-state index >= 15 is 0 Å².